The number of hydrogen-bond donors (Lipinski definition) is 2. The van der Waals surface area contributed by atoms with Gasteiger partial charge in [0, 0.05) is 13.1 Å². The van der Waals surface area contributed by atoms with Crippen molar-refractivity contribution in [1.82, 2.24) is 4.90 Å². The van der Waals surface area contributed by atoms with Crippen molar-refractivity contribution in [3.05, 3.63) is 35.9 Å². The highest BCUT2D eigenvalue weighted by atomic mass is 32.1. The van der Waals surface area contributed by atoms with Crippen LogP contribution in [0.15, 0.2) is 30.3 Å². The summed E-state index contributed by atoms with van der Waals surface area (Å²) >= 11 is 5.06. The number of piperidine rings is 1. The molecule has 4 nitrogen and oxygen atoms in total. The summed E-state index contributed by atoms with van der Waals surface area (Å²) in [6.45, 7) is 2.99. The third kappa shape index (κ3) is 3.16. The molecule has 3 N–H and O–H groups in total. The first-order valence-electron chi connectivity index (χ1n) is 6.82. The molecule has 1 aliphatic heterocycles. The molecule has 1 heterocycles. The van der Waals surface area contributed by atoms with Gasteiger partial charge in [-0.2, -0.15) is 0 Å². The number of carbonyl (C=O) groups is 1. The van der Waals surface area contributed by atoms with E-state index in [0.717, 1.165) is 12.0 Å². The second-order valence-electron chi connectivity index (χ2n) is 5.36. The number of amides is 1. The minimum Gasteiger partial charge on any atom is -0.392 e. The highest BCUT2D eigenvalue weighted by Gasteiger charge is 2.33. The molecule has 1 aliphatic rings. The maximum absolute atomic E-state index is 12.6. The fourth-order valence-electron chi connectivity index (χ4n) is 2.51. The van der Waals surface area contributed by atoms with Crippen molar-refractivity contribution in [3.8, 4) is 0 Å². The van der Waals surface area contributed by atoms with Crippen LogP contribution in [0.2, 0.25) is 0 Å². The highest BCUT2D eigenvalue weighted by molar-refractivity contribution is 7.80. The lowest BCUT2D eigenvalue weighted by Crippen LogP contribution is -2.49. The summed E-state index contributed by atoms with van der Waals surface area (Å²) in [5.41, 5.74) is 6.56. The van der Waals surface area contributed by atoms with Crippen molar-refractivity contribution in [2.75, 3.05) is 13.1 Å². The Morgan fingerprint density at radius 3 is 2.65 bits per heavy atom. The number of benzene rings is 1. The van der Waals surface area contributed by atoms with Crippen LogP contribution >= 0.6 is 12.2 Å². The Balaban J connectivity index is 2.18. The van der Waals surface area contributed by atoms with Crippen LogP contribution in [-0.4, -0.2) is 40.1 Å². The number of likely N-dealkylation sites (tertiary alicyclic amines) is 1. The molecule has 0 spiro atoms. The van der Waals surface area contributed by atoms with Crippen LogP contribution in [0, 0.1) is 5.92 Å². The lowest BCUT2D eigenvalue weighted by Gasteiger charge is -2.36. The molecule has 0 aromatic heterocycles. The molecule has 1 amide bonds. The predicted octanol–water partition coefficient (Wildman–Crippen LogP) is 1.29. The minimum absolute atomic E-state index is 0.116. The summed E-state index contributed by atoms with van der Waals surface area (Å²) in [6, 6.07) is 9.31. The van der Waals surface area contributed by atoms with E-state index in [1.54, 1.807) is 4.90 Å². The quantitative estimate of drug-likeness (QED) is 0.824. The van der Waals surface area contributed by atoms with E-state index in [0.29, 0.717) is 13.1 Å². The summed E-state index contributed by atoms with van der Waals surface area (Å²) in [5, 5.41) is 9.93. The van der Waals surface area contributed by atoms with Gasteiger partial charge in [0.15, 0.2) is 0 Å². The topological polar surface area (TPSA) is 66.6 Å². The Labute approximate surface area is 124 Å². The molecule has 20 heavy (non-hydrogen) atoms. The van der Waals surface area contributed by atoms with Gasteiger partial charge >= 0.3 is 0 Å². The van der Waals surface area contributed by atoms with Crippen LogP contribution in [0.1, 0.15) is 24.8 Å². The largest absolute Gasteiger partial charge is 0.392 e. The van der Waals surface area contributed by atoms with Gasteiger partial charge in [0.25, 0.3) is 0 Å². The number of aliphatic hydroxyl groups excluding tert-OH is 1. The van der Waals surface area contributed by atoms with Crippen LogP contribution in [-0.2, 0) is 4.79 Å². The van der Waals surface area contributed by atoms with Gasteiger partial charge in [-0.15, -0.1) is 0 Å². The van der Waals surface area contributed by atoms with Crippen LogP contribution in [0.5, 0.6) is 0 Å². The molecule has 1 aromatic carbocycles. The number of thiocarbonyl (C=S) groups is 1. The Kier molecular flexibility index (Phi) is 4.73. The second kappa shape index (κ2) is 6.33. The number of nitrogens with two attached hydrogens (primary N) is 1. The molecule has 0 bridgehead atoms. The van der Waals surface area contributed by atoms with Crippen LogP contribution in [0.25, 0.3) is 0 Å². The second-order valence-corrected chi connectivity index (χ2v) is 5.84. The Morgan fingerprint density at radius 2 is 2.10 bits per heavy atom. The maximum atomic E-state index is 12.6. The first kappa shape index (κ1) is 14.9. The van der Waals surface area contributed by atoms with Gasteiger partial charge in [0.05, 0.1) is 11.1 Å². The number of aliphatic hydroxyl groups is 1. The van der Waals surface area contributed by atoms with Crippen LogP contribution < -0.4 is 5.73 Å². The van der Waals surface area contributed by atoms with E-state index >= 15 is 0 Å². The third-order valence-electron chi connectivity index (χ3n) is 3.89. The number of rotatable bonds is 3. The molecule has 5 heteroatoms. The molecule has 3 unspecified atom stereocenters. The summed E-state index contributed by atoms with van der Waals surface area (Å²) in [4.78, 5) is 14.5. The van der Waals surface area contributed by atoms with Crippen molar-refractivity contribution in [2.45, 2.75) is 25.4 Å². The van der Waals surface area contributed by atoms with Crippen LogP contribution in [0.4, 0.5) is 0 Å². The average Bonchev–Trinajstić information content (AvgIpc) is 2.42. The summed E-state index contributed by atoms with van der Waals surface area (Å²) in [7, 11) is 0. The molecule has 1 saturated heterocycles. The van der Waals surface area contributed by atoms with Gasteiger partial charge in [0.2, 0.25) is 5.91 Å². The van der Waals surface area contributed by atoms with E-state index in [9.17, 15) is 9.90 Å². The lowest BCUT2D eigenvalue weighted by molar-refractivity contribution is -0.135. The van der Waals surface area contributed by atoms with Crippen molar-refractivity contribution < 1.29 is 9.90 Å². The molecule has 2 rings (SSSR count). The minimum atomic E-state index is -0.605. The van der Waals surface area contributed by atoms with Gasteiger partial charge in [0.1, 0.15) is 5.92 Å². The Hall–Kier alpha value is -1.46. The zero-order valence-corrected chi connectivity index (χ0v) is 12.3. The number of nitrogens with zero attached hydrogens (tertiary/aromatic N) is 1. The van der Waals surface area contributed by atoms with E-state index in [4.69, 9.17) is 18.0 Å². The zero-order valence-electron chi connectivity index (χ0n) is 11.5. The maximum Gasteiger partial charge on any atom is 0.237 e. The van der Waals surface area contributed by atoms with Crippen LogP contribution in [0.3, 0.4) is 0 Å². The molecule has 0 saturated carbocycles. The fraction of sp³-hybridized carbons (Fsp3) is 0.467. The summed E-state index contributed by atoms with van der Waals surface area (Å²) < 4.78 is 0. The molecule has 0 aliphatic carbocycles. The number of hydrogen-bond acceptors (Lipinski definition) is 3. The summed E-state index contributed by atoms with van der Waals surface area (Å²) in [6.07, 6.45) is 0.321. The first-order valence-corrected chi connectivity index (χ1v) is 7.22. The predicted molar refractivity (Wildman–Crippen MR) is 82.3 cm³/mol. The zero-order chi connectivity index (χ0) is 14.7. The van der Waals surface area contributed by atoms with E-state index in [1.807, 2.05) is 37.3 Å². The van der Waals surface area contributed by atoms with E-state index in [1.165, 1.54) is 0 Å². The Bertz CT molecular complexity index is 492. The monoisotopic (exact) mass is 292 g/mol. The molecular formula is C15H20N2O2S. The van der Waals surface area contributed by atoms with Crippen molar-refractivity contribution >= 4 is 23.1 Å². The summed E-state index contributed by atoms with van der Waals surface area (Å²) in [5.74, 6) is -0.500. The number of carbonyl (C=O) groups excluding carboxylic acids is 1. The standard InChI is InChI=1S/C15H20N2O2S/c1-10-7-8-17(9-12(10)18)15(19)13(14(16)20)11-5-3-2-4-6-11/h2-6,10,12-13,18H,7-9H2,1H3,(H2,16,20). The lowest BCUT2D eigenvalue weighted by atomic mass is 9.92. The third-order valence-corrected chi connectivity index (χ3v) is 4.13. The van der Waals surface area contributed by atoms with Crippen molar-refractivity contribution in [3.63, 3.8) is 0 Å². The van der Waals surface area contributed by atoms with Crippen molar-refractivity contribution in [1.29, 1.82) is 0 Å². The highest BCUT2D eigenvalue weighted by Crippen LogP contribution is 2.23. The smallest absolute Gasteiger partial charge is 0.237 e. The molecule has 108 valence electrons. The first-order chi connectivity index (χ1) is 9.50. The van der Waals surface area contributed by atoms with Gasteiger partial charge in [-0.05, 0) is 17.9 Å². The van der Waals surface area contributed by atoms with E-state index in [2.05, 4.69) is 0 Å². The fourth-order valence-corrected chi connectivity index (χ4v) is 2.74. The SMILES string of the molecule is CC1CCN(C(=O)C(C(N)=S)c2ccccc2)CC1O. The van der Waals surface area contributed by atoms with Gasteiger partial charge in [-0.3, -0.25) is 4.79 Å². The molecule has 3 atom stereocenters. The average molecular weight is 292 g/mol. The van der Waals surface area contributed by atoms with E-state index < -0.39 is 12.0 Å². The normalized spacial score (nSPS) is 24.2. The Morgan fingerprint density at radius 1 is 1.45 bits per heavy atom. The van der Waals surface area contributed by atoms with Gasteiger partial charge in [-0.1, -0.05) is 49.5 Å². The van der Waals surface area contributed by atoms with Crippen molar-refractivity contribution in [2.24, 2.45) is 11.7 Å². The molecular weight excluding hydrogens is 272 g/mol. The molecule has 1 aromatic rings. The van der Waals surface area contributed by atoms with Gasteiger partial charge < -0.3 is 15.7 Å². The van der Waals surface area contributed by atoms with E-state index in [-0.39, 0.29) is 16.8 Å². The number of β-amino-alcohol motifs (C(OH)–C–C–N with tert-alkyl or cyclic N) is 1. The molecule has 0 radical (unpaired) electrons. The van der Waals surface area contributed by atoms with Gasteiger partial charge in [-0.25, -0.2) is 0 Å². The molecule has 1 fully saturated rings.